The van der Waals surface area contributed by atoms with Crippen LogP contribution >= 0.6 is 0 Å². The third-order valence-corrected chi connectivity index (χ3v) is 2.57. The van der Waals surface area contributed by atoms with Crippen molar-refractivity contribution in [3.63, 3.8) is 0 Å². The topological polar surface area (TPSA) is 83.4 Å². The summed E-state index contributed by atoms with van der Waals surface area (Å²) in [7, 11) is 0. The molecule has 5 nitrogen and oxygen atoms in total. The molecule has 0 aliphatic heterocycles. The molecule has 152 valence electrons. The number of hydrogen-bond donors (Lipinski definition) is 2. The van der Waals surface area contributed by atoms with E-state index in [1.54, 1.807) is 24.5 Å². The lowest BCUT2D eigenvalue weighted by Gasteiger charge is -2.08. The molecule has 0 fully saturated rings. The Labute approximate surface area is 154 Å². The van der Waals surface area contributed by atoms with Crippen LogP contribution in [-0.2, 0) is 0 Å². The van der Waals surface area contributed by atoms with Crippen molar-refractivity contribution < 1.29 is 31.4 Å². The van der Waals surface area contributed by atoms with Crippen LogP contribution in [0.15, 0.2) is 24.5 Å². The number of rotatable bonds is 6. The molecule has 0 spiro atoms. The molecule has 0 amide bonds. The van der Waals surface area contributed by atoms with Crippen LogP contribution in [0.5, 0.6) is 11.5 Å². The molecular formula is C17H22F5N3O2. The van der Waals surface area contributed by atoms with Crippen molar-refractivity contribution in [2.45, 2.75) is 13.8 Å². The second-order valence-electron chi connectivity index (χ2n) is 4.36. The zero-order chi connectivity index (χ0) is 20.8. The van der Waals surface area contributed by atoms with E-state index in [9.17, 15) is 22.0 Å². The third kappa shape index (κ3) is 7.75. The van der Waals surface area contributed by atoms with E-state index >= 15 is 0 Å². The van der Waals surface area contributed by atoms with Crippen molar-refractivity contribution in [1.82, 2.24) is 4.98 Å². The van der Waals surface area contributed by atoms with Crippen molar-refractivity contribution in [3.05, 3.63) is 53.6 Å². The molecule has 0 aliphatic carbocycles. The normalized spacial score (nSPS) is 9.52. The van der Waals surface area contributed by atoms with Crippen LogP contribution in [0.4, 0.5) is 22.0 Å². The summed E-state index contributed by atoms with van der Waals surface area (Å²) in [6.07, 6.45) is 3.37. The standard InChI is InChI=1S/C8H6F5NO.C7H10N2O.C2H6/c9-3-4(10)6(12)8(15-2-1-14)7(13)5(3)11;8-3-6-10-7-1-4-9-5-2-7;1-2/h1-2,14H2;1-2,4-5H,3,6,8H2;1-2H3. The molecule has 0 aliphatic rings. The second-order valence-corrected chi connectivity index (χ2v) is 4.36. The Bertz CT molecular complexity index is 646. The lowest BCUT2D eigenvalue weighted by Crippen LogP contribution is -2.14. The Hall–Kier alpha value is -2.46. The van der Waals surface area contributed by atoms with Crippen molar-refractivity contribution in [1.29, 1.82) is 0 Å². The Kier molecular flexibility index (Phi) is 12.5. The van der Waals surface area contributed by atoms with Gasteiger partial charge >= 0.3 is 0 Å². The van der Waals surface area contributed by atoms with Crippen LogP contribution < -0.4 is 20.9 Å². The van der Waals surface area contributed by atoms with E-state index in [4.69, 9.17) is 16.2 Å². The van der Waals surface area contributed by atoms with Gasteiger partial charge in [0, 0.05) is 25.5 Å². The minimum absolute atomic E-state index is 0.112. The van der Waals surface area contributed by atoms with Crippen LogP contribution in [0.25, 0.3) is 0 Å². The number of ether oxygens (including phenoxy) is 2. The number of halogens is 5. The van der Waals surface area contributed by atoms with Crippen molar-refractivity contribution in [3.8, 4) is 11.5 Å². The molecule has 2 aromatic rings. The van der Waals surface area contributed by atoms with Gasteiger partial charge in [-0.25, -0.2) is 13.2 Å². The van der Waals surface area contributed by atoms with Gasteiger partial charge in [0.15, 0.2) is 5.75 Å². The van der Waals surface area contributed by atoms with Gasteiger partial charge in [-0.3, -0.25) is 4.98 Å². The number of nitrogens with zero attached hydrogens (tertiary/aromatic N) is 1. The van der Waals surface area contributed by atoms with Gasteiger partial charge in [0.05, 0.1) is 0 Å². The number of aromatic nitrogens is 1. The largest absolute Gasteiger partial charge is 0.492 e. The zero-order valence-electron chi connectivity index (χ0n) is 14.9. The predicted octanol–water partition coefficient (Wildman–Crippen LogP) is 3.16. The third-order valence-electron chi connectivity index (χ3n) is 2.57. The van der Waals surface area contributed by atoms with Gasteiger partial charge in [0.2, 0.25) is 29.1 Å². The molecule has 0 saturated carbocycles. The van der Waals surface area contributed by atoms with E-state index in [0.29, 0.717) is 13.2 Å². The fourth-order valence-electron chi connectivity index (χ4n) is 1.48. The van der Waals surface area contributed by atoms with Crippen LogP contribution in [0.2, 0.25) is 0 Å². The van der Waals surface area contributed by atoms with Crippen LogP contribution in [0.1, 0.15) is 13.8 Å². The lowest BCUT2D eigenvalue weighted by molar-refractivity contribution is 0.269. The van der Waals surface area contributed by atoms with Gasteiger partial charge in [-0.15, -0.1) is 0 Å². The van der Waals surface area contributed by atoms with E-state index in [-0.39, 0.29) is 13.2 Å². The highest BCUT2D eigenvalue weighted by Gasteiger charge is 2.26. The number of nitrogens with two attached hydrogens (primary N) is 2. The first-order valence-corrected chi connectivity index (χ1v) is 8.01. The zero-order valence-corrected chi connectivity index (χ0v) is 14.9. The van der Waals surface area contributed by atoms with E-state index < -0.39 is 34.8 Å². The van der Waals surface area contributed by atoms with Crippen LogP contribution in [0, 0.1) is 29.1 Å². The summed E-state index contributed by atoms with van der Waals surface area (Å²) in [6.45, 7) is 4.64. The fourth-order valence-corrected chi connectivity index (χ4v) is 1.48. The SMILES string of the molecule is CC.NCCOc1c(F)c(F)c(F)c(F)c1F.NCCOc1ccncc1. The highest BCUT2D eigenvalue weighted by atomic mass is 19.2. The van der Waals surface area contributed by atoms with E-state index in [1.165, 1.54) is 0 Å². The molecule has 0 saturated heterocycles. The first kappa shape index (κ1) is 24.5. The molecule has 1 heterocycles. The van der Waals surface area contributed by atoms with Crippen molar-refractivity contribution in [2.75, 3.05) is 26.3 Å². The minimum Gasteiger partial charge on any atom is -0.492 e. The highest BCUT2D eigenvalue weighted by molar-refractivity contribution is 5.29. The fraction of sp³-hybridized carbons (Fsp3) is 0.353. The maximum atomic E-state index is 12.8. The van der Waals surface area contributed by atoms with Crippen molar-refractivity contribution >= 4 is 0 Å². The van der Waals surface area contributed by atoms with E-state index in [0.717, 1.165) is 5.75 Å². The summed E-state index contributed by atoms with van der Waals surface area (Å²) in [5, 5.41) is 0. The Morgan fingerprint density at radius 2 is 1.15 bits per heavy atom. The number of pyridine rings is 1. The minimum atomic E-state index is -2.22. The number of hydrogen-bond acceptors (Lipinski definition) is 5. The van der Waals surface area contributed by atoms with Crippen LogP contribution in [-0.4, -0.2) is 31.3 Å². The molecule has 2 rings (SSSR count). The van der Waals surface area contributed by atoms with Gasteiger partial charge in [0.25, 0.3) is 0 Å². The van der Waals surface area contributed by atoms with E-state index in [2.05, 4.69) is 9.72 Å². The molecular weight excluding hydrogens is 373 g/mol. The maximum absolute atomic E-state index is 12.8. The van der Waals surface area contributed by atoms with Gasteiger partial charge < -0.3 is 20.9 Å². The number of benzene rings is 1. The quantitative estimate of drug-likeness (QED) is 0.446. The average Bonchev–Trinajstić information content (AvgIpc) is 2.72. The Morgan fingerprint density at radius 3 is 1.59 bits per heavy atom. The Morgan fingerprint density at radius 1 is 0.741 bits per heavy atom. The molecule has 0 bridgehead atoms. The second kappa shape index (κ2) is 13.7. The summed E-state index contributed by atoms with van der Waals surface area (Å²) in [5.74, 6) is -10.8. The monoisotopic (exact) mass is 395 g/mol. The first-order valence-electron chi connectivity index (χ1n) is 8.01. The molecule has 0 atom stereocenters. The summed E-state index contributed by atoms with van der Waals surface area (Å²) in [5.41, 5.74) is 10.2. The van der Waals surface area contributed by atoms with Gasteiger partial charge in [-0.1, -0.05) is 13.8 Å². The molecule has 27 heavy (non-hydrogen) atoms. The highest BCUT2D eigenvalue weighted by Crippen LogP contribution is 2.28. The summed E-state index contributed by atoms with van der Waals surface area (Å²) < 4.78 is 72.8. The molecule has 1 aromatic carbocycles. The molecule has 10 heteroatoms. The summed E-state index contributed by atoms with van der Waals surface area (Å²) in [6, 6.07) is 3.60. The lowest BCUT2D eigenvalue weighted by atomic mass is 10.2. The molecule has 0 radical (unpaired) electrons. The van der Waals surface area contributed by atoms with Crippen molar-refractivity contribution in [2.24, 2.45) is 11.5 Å². The average molecular weight is 395 g/mol. The smallest absolute Gasteiger partial charge is 0.206 e. The molecule has 0 unspecified atom stereocenters. The van der Waals surface area contributed by atoms with Gasteiger partial charge in [0.1, 0.15) is 19.0 Å². The molecule has 1 aromatic heterocycles. The van der Waals surface area contributed by atoms with Crippen LogP contribution in [0.3, 0.4) is 0 Å². The molecule has 4 N–H and O–H groups in total. The summed E-state index contributed by atoms with van der Waals surface area (Å²) >= 11 is 0. The Balaban J connectivity index is 0.000000488. The van der Waals surface area contributed by atoms with Gasteiger partial charge in [-0.2, -0.15) is 8.78 Å². The van der Waals surface area contributed by atoms with E-state index in [1.807, 2.05) is 13.8 Å². The first-order chi connectivity index (χ1) is 12.9. The van der Waals surface area contributed by atoms with Gasteiger partial charge in [-0.05, 0) is 12.1 Å². The summed E-state index contributed by atoms with van der Waals surface area (Å²) in [4.78, 5) is 3.84. The maximum Gasteiger partial charge on any atom is 0.206 e. The predicted molar refractivity (Wildman–Crippen MR) is 90.9 cm³/mol.